The van der Waals surface area contributed by atoms with Gasteiger partial charge in [0.2, 0.25) is 0 Å². The fourth-order valence-corrected chi connectivity index (χ4v) is 11.5. The summed E-state index contributed by atoms with van der Waals surface area (Å²) in [7, 11) is 0. The van der Waals surface area contributed by atoms with Crippen LogP contribution < -0.4 is 0 Å². The number of hydrogen-bond donors (Lipinski definition) is 0. The van der Waals surface area contributed by atoms with Gasteiger partial charge in [0.15, 0.2) is 5.82 Å². The second kappa shape index (κ2) is 14.7. The van der Waals surface area contributed by atoms with E-state index >= 15 is 0 Å². The molecule has 0 radical (unpaired) electrons. The Morgan fingerprint density at radius 2 is 0.612 bits per heavy atom. The second-order valence-electron chi connectivity index (χ2n) is 18.0. The first-order valence-corrected chi connectivity index (χ1v) is 23.1. The molecule has 1 aromatic heterocycles. The summed E-state index contributed by atoms with van der Waals surface area (Å²) in [6.45, 7) is 0. The molecule has 0 N–H and O–H groups in total. The third-order valence-corrected chi connectivity index (χ3v) is 14.5. The van der Waals surface area contributed by atoms with Crippen molar-refractivity contribution in [2.75, 3.05) is 0 Å². The van der Waals surface area contributed by atoms with Crippen LogP contribution >= 0.6 is 0 Å². The maximum Gasteiger partial charge on any atom is 0.160 e. The summed E-state index contributed by atoms with van der Waals surface area (Å²) in [5.74, 6) is 0.682. The van der Waals surface area contributed by atoms with Gasteiger partial charge in [0.05, 0.1) is 16.8 Å². The summed E-state index contributed by atoms with van der Waals surface area (Å²) in [4.78, 5) is 11.1. The molecule has 0 atom stereocenters. The lowest BCUT2D eigenvalue weighted by atomic mass is 9.70. The summed E-state index contributed by atoms with van der Waals surface area (Å²) in [6.07, 6.45) is 0. The molecule has 12 aromatic rings. The Labute approximate surface area is 389 Å². The molecule has 0 saturated heterocycles. The van der Waals surface area contributed by atoms with Gasteiger partial charge in [-0.1, -0.05) is 206 Å². The first kappa shape index (κ1) is 37.6. The number of rotatable bonds is 5. The normalized spacial score (nSPS) is 12.9. The molecule has 2 nitrogen and oxygen atoms in total. The Bertz CT molecular complexity index is 3840. The van der Waals surface area contributed by atoms with E-state index in [0.717, 1.165) is 50.3 Å². The van der Waals surface area contributed by atoms with Crippen LogP contribution in [0.5, 0.6) is 0 Å². The van der Waals surface area contributed by atoms with Crippen LogP contribution in [0.15, 0.2) is 243 Å². The minimum atomic E-state index is -0.413. The first-order chi connectivity index (χ1) is 33.2. The van der Waals surface area contributed by atoms with Crippen LogP contribution in [0.1, 0.15) is 22.3 Å². The van der Waals surface area contributed by atoms with E-state index in [4.69, 9.17) is 9.97 Å². The Morgan fingerprint density at radius 3 is 1.15 bits per heavy atom. The highest BCUT2D eigenvalue weighted by molar-refractivity contribution is 6.25. The highest BCUT2D eigenvalue weighted by Gasteiger charge is 2.51. The van der Waals surface area contributed by atoms with Gasteiger partial charge < -0.3 is 0 Å². The minimum Gasteiger partial charge on any atom is -0.228 e. The zero-order chi connectivity index (χ0) is 44.1. The maximum absolute atomic E-state index is 5.55. The molecule has 1 heterocycles. The van der Waals surface area contributed by atoms with Crippen LogP contribution in [-0.2, 0) is 5.41 Å². The predicted octanol–water partition coefficient (Wildman–Crippen LogP) is 16.6. The van der Waals surface area contributed by atoms with E-state index in [1.807, 2.05) is 0 Å². The molecule has 0 saturated carbocycles. The van der Waals surface area contributed by atoms with E-state index in [9.17, 15) is 0 Å². The molecule has 0 unspecified atom stereocenters. The van der Waals surface area contributed by atoms with E-state index in [1.165, 1.54) is 76.8 Å². The number of benzene rings is 11. The quantitative estimate of drug-likeness (QED) is 0.161. The molecular weight excluding hydrogens is 809 g/mol. The highest BCUT2D eigenvalue weighted by Crippen LogP contribution is 2.63. The minimum absolute atomic E-state index is 0.413. The number of nitrogens with zero attached hydrogens (tertiary/aromatic N) is 2. The number of hydrogen-bond acceptors (Lipinski definition) is 2. The zero-order valence-corrected chi connectivity index (χ0v) is 36.5. The summed E-state index contributed by atoms with van der Waals surface area (Å²) < 4.78 is 0. The molecule has 14 rings (SSSR count). The summed E-state index contributed by atoms with van der Waals surface area (Å²) in [6, 6.07) is 88.7. The molecule has 0 aliphatic heterocycles. The van der Waals surface area contributed by atoms with Crippen molar-refractivity contribution >= 4 is 32.3 Å². The van der Waals surface area contributed by atoms with Crippen LogP contribution in [0.2, 0.25) is 0 Å². The van der Waals surface area contributed by atoms with Gasteiger partial charge in [-0.25, -0.2) is 9.97 Å². The van der Waals surface area contributed by atoms with Crippen molar-refractivity contribution in [2.45, 2.75) is 5.41 Å². The fourth-order valence-electron chi connectivity index (χ4n) is 11.5. The van der Waals surface area contributed by atoms with E-state index in [1.54, 1.807) is 0 Å². The van der Waals surface area contributed by atoms with Crippen molar-refractivity contribution in [1.29, 1.82) is 0 Å². The average Bonchev–Trinajstić information content (AvgIpc) is 3.88. The van der Waals surface area contributed by atoms with Crippen molar-refractivity contribution in [3.05, 3.63) is 265 Å². The standard InChI is InChI=1S/C65H40N2/c1-3-17-41(18-4-1)45-35-46(42-19-5-2-6-20-42)37-47(36-45)64-66-62(43-31-33-52-50-23-8-7-21-48(50)49-22-9-10-24-51(49)56(52)38-43)40-63(67-64)44-32-34-61-57(39-44)55-27-13-16-30-60(55)65(61)58-28-14-11-25-53(58)54-26-12-15-29-59(54)65/h1-40H. The third-order valence-electron chi connectivity index (χ3n) is 14.5. The van der Waals surface area contributed by atoms with E-state index in [-0.39, 0.29) is 0 Å². The monoisotopic (exact) mass is 848 g/mol. The van der Waals surface area contributed by atoms with E-state index in [0.29, 0.717) is 5.82 Å². The van der Waals surface area contributed by atoms with Crippen molar-refractivity contribution in [3.63, 3.8) is 0 Å². The highest BCUT2D eigenvalue weighted by atomic mass is 14.9. The van der Waals surface area contributed by atoms with Gasteiger partial charge in [0, 0.05) is 16.7 Å². The van der Waals surface area contributed by atoms with Crippen molar-refractivity contribution in [1.82, 2.24) is 9.97 Å². The molecule has 0 fully saturated rings. The molecule has 11 aromatic carbocycles. The number of fused-ring (bicyclic) bond motifs is 16. The molecule has 2 aliphatic carbocycles. The van der Waals surface area contributed by atoms with Crippen molar-refractivity contribution in [2.24, 2.45) is 0 Å². The topological polar surface area (TPSA) is 25.8 Å². The van der Waals surface area contributed by atoms with Crippen LogP contribution in [0.25, 0.3) is 111 Å². The van der Waals surface area contributed by atoms with Gasteiger partial charge in [0.25, 0.3) is 0 Å². The summed E-state index contributed by atoms with van der Waals surface area (Å²) in [5.41, 5.74) is 19.3. The van der Waals surface area contributed by atoms with Crippen molar-refractivity contribution < 1.29 is 0 Å². The van der Waals surface area contributed by atoms with Gasteiger partial charge in [-0.05, 0) is 135 Å². The lowest BCUT2D eigenvalue weighted by molar-refractivity contribution is 0.794. The summed E-state index contributed by atoms with van der Waals surface area (Å²) in [5, 5.41) is 7.45. The zero-order valence-electron chi connectivity index (χ0n) is 36.5. The van der Waals surface area contributed by atoms with Crippen LogP contribution in [0.3, 0.4) is 0 Å². The molecule has 310 valence electrons. The van der Waals surface area contributed by atoms with Gasteiger partial charge in [0.1, 0.15) is 0 Å². The van der Waals surface area contributed by atoms with E-state index < -0.39 is 5.41 Å². The summed E-state index contributed by atoms with van der Waals surface area (Å²) >= 11 is 0. The Hall–Kier alpha value is -8.72. The molecular formula is C65H40N2. The Balaban J connectivity index is 1.02. The Kier molecular flexibility index (Phi) is 8.23. The Morgan fingerprint density at radius 1 is 0.224 bits per heavy atom. The lowest BCUT2D eigenvalue weighted by Crippen LogP contribution is -2.25. The maximum atomic E-state index is 5.55. The van der Waals surface area contributed by atoms with Gasteiger partial charge in [-0.3, -0.25) is 0 Å². The molecule has 2 heteroatoms. The first-order valence-electron chi connectivity index (χ1n) is 23.1. The van der Waals surface area contributed by atoms with Crippen LogP contribution in [-0.4, -0.2) is 9.97 Å². The van der Waals surface area contributed by atoms with Gasteiger partial charge in [-0.15, -0.1) is 0 Å². The molecule has 0 amide bonds. The van der Waals surface area contributed by atoms with Crippen LogP contribution in [0.4, 0.5) is 0 Å². The van der Waals surface area contributed by atoms with Crippen molar-refractivity contribution in [3.8, 4) is 78.4 Å². The fraction of sp³-hybridized carbons (Fsp3) is 0.0154. The molecule has 2 aliphatic rings. The lowest BCUT2D eigenvalue weighted by Gasteiger charge is -2.30. The molecule has 0 bridgehead atoms. The molecule has 1 spiro atoms. The average molecular weight is 849 g/mol. The van der Waals surface area contributed by atoms with Gasteiger partial charge >= 0.3 is 0 Å². The number of aromatic nitrogens is 2. The van der Waals surface area contributed by atoms with Crippen LogP contribution in [0, 0.1) is 0 Å². The van der Waals surface area contributed by atoms with Gasteiger partial charge in [-0.2, -0.15) is 0 Å². The third kappa shape index (κ3) is 5.63. The molecule has 67 heavy (non-hydrogen) atoms. The predicted molar refractivity (Wildman–Crippen MR) is 278 cm³/mol. The van der Waals surface area contributed by atoms with E-state index in [2.05, 4.69) is 243 Å². The second-order valence-corrected chi connectivity index (χ2v) is 18.0. The smallest absolute Gasteiger partial charge is 0.160 e. The largest absolute Gasteiger partial charge is 0.228 e. The SMILES string of the molecule is c1ccc(-c2cc(-c3ccccc3)cc(-c3nc(-c4ccc5c(c4)-c4ccccc4C54c5ccccc5-c5ccccc54)cc(-c4ccc5c6ccccc6c6ccccc6c5c4)n3)c2)cc1.